The van der Waals surface area contributed by atoms with Gasteiger partial charge in [-0.25, -0.2) is 0 Å². The Kier molecular flexibility index (Phi) is 5.86. The van der Waals surface area contributed by atoms with Gasteiger partial charge in [0.15, 0.2) is 17.3 Å². The fourth-order valence-electron chi connectivity index (χ4n) is 3.20. The van der Waals surface area contributed by atoms with Gasteiger partial charge >= 0.3 is 0 Å². The molecule has 31 heavy (non-hydrogen) atoms. The predicted molar refractivity (Wildman–Crippen MR) is 121 cm³/mol. The van der Waals surface area contributed by atoms with E-state index in [1.54, 1.807) is 30.3 Å². The van der Waals surface area contributed by atoms with Crippen molar-refractivity contribution in [1.29, 1.82) is 0 Å². The Labute approximate surface area is 186 Å². The standard InChI is InChI=1S/C24H19BrO6/c1-28-20-12-19-16(11-17(20)25)22(26)23(27)24(31-19)15-8-9-18(21(10-15)29-2)30-13-14-6-4-3-5-7-14/h3-12,27H,13H2,1-2H3. The van der Waals surface area contributed by atoms with Crippen LogP contribution >= 0.6 is 15.9 Å². The van der Waals surface area contributed by atoms with Crippen LogP contribution in [0.4, 0.5) is 0 Å². The smallest absolute Gasteiger partial charge is 0.235 e. The highest BCUT2D eigenvalue weighted by atomic mass is 79.9. The van der Waals surface area contributed by atoms with Crippen LogP contribution in [-0.4, -0.2) is 19.3 Å². The maximum Gasteiger partial charge on any atom is 0.235 e. The molecular weight excluding hydrogens is 464 g/mol. The third-order valence-corrected chi connectivity index (χ3v) is 5.42. The molecule has 0 aliphatic carbocycles. The van der Waals surface area contributed by atoms with E-state index in [1.165, 1.54) is 14.2 Å². The zero-order valence-corrected chi connectivity index (χ0v) is 18.4. The first-order valence-corrected chi connectivity index (χ1v) is 10.2. The van der Waals surface area contributed by atoms with E-state index in [9.17, 15) is 9.90 Å². The number of halogens is 1. The second kappa shape index (κ2) is 8.73. The molecule has 6 nitrogen and oxygen atoms in total. The normalized spacial score (nSPS) is 10.8. The maximum atomic E-state index is 12.7. The zero-order chi connectivity index (χ0) is 22.0. The van der Waals surface area contributed by atoms with E-state index in [4.69, 9.17) is 18.6 Å². The molecule has 4 rings (SSSR count). The molecule has 3 aromatic carbocycles. The molecule has 0 saturated heterocycles. The summed E-state index contributed by atoms with van der Waals surface area (Å²) in [4.78, 5) is 12.7. The summed E-state index contributed by atoms with van der Waals surface area (Å²) in [6, 6.07) is 18.0. The highest BCUT2D eigenvalue weighted by Crippen LogP contribution is 2.38. The Morgan fingerprint density at radius 1 is 0.935 bits per heavy atom. The average Bonchev–Trinajstić information content (AvgIpc) is 2.80. The topological polar surface area (TPSA) is 78.1 Å². The van der Waals surface area contributed by atoms with Crippen molar-refractivity contribution in [2.24, 2.45) is 0 Å². The summed E-state index contributed by atoms with van der Waals surface area (Å²) in [5.41, 5.74) is 1.25. The summed E-state index contributed by atoms with van der Waals surface area (Å²) < 4.78 is 23.1. The molecule has 0 saturated carbocycles. The summed E-state index contributed by atoms with van der Waals surface area (Å²) in [5, 5.41) is 10.8. The van der Waals surface area contributed by atoms with Crippen LogP contribution in [0.1, 0.15) is 5.56 Å². The van der Waals surface area contributed by atoms with Crippen LogP contribution in [0.3, 0.4) is 0 Å². The van der Waals surface area contributed by atoms with Crippen LogP contribution in [0, 0.1) is 0 Å². The fraction of sp³-hybridized carbons (Fsp3) is 0.125. The lowest BCUT2D eigenvalue weighted by Gasteiger charge is -2.13. The molecular formula is C24H19BrO6. The molecule has 0 amide bonds. The number of ether oxygens (including phenoxy) is 3. The Hall–Kier alpha value is -3.45. The SMILES string of the molecule is COc1cc2oc(-c3ccc(OCc4ccccc4)c(OC)c3)c(O)c(=O)c2cc1Br. The van der Waals surface area contributed by atoms with E-state index in [0.717, 1.165) is 5.56 Å². The summed E-state index contributed by atoms with van der Waals surface area (Å²) in [7, 11) is 3.04. The maximum absolute atomic E-state index is 12.7. The van der Waals surface area contributed by atoms with Crippen LogP contribution in [0.5, 0.6) is 23.0 Å². The first kappa shape index (κ1) is 20.8. The minimum absolute atomic E-state index is 0.0368. The molecule has 0 unspecified atom stereocenters. The summed E-state index contributed by atoms with van der Waals surface area (Å²) in [5.74, 6) is 1.04. The monoisotopic (exact) mass is 482 g/mol. The molecule has 0 spiro atoms. The number of benzene rings is 3. The number of hydrogen-bond acceptors (Lipinski definition) is 6. The third-order valence-electron chi connectivity index (χ3n) is 4.80. The van der Waals surface area contributed by atoms with Gasteiger partial charge < -0.3 is 23.7 Å². The fourth-order valence-corrected chi connectivity index (χ4v) is 3.71. The lowest BCUT2D eigenvalue weighted by molar-refractivity contribution is 0.284. The highest BCUT2D eigenvalue weighted by molar-refractivity contribution is 9.10. The molecule has 0 aliphatic heterocycles. The number of rotatable bonds is 6. The van der Waals surface area contributed by atoms with Gasteiger partial charge in [-0.05, 0) is 45.8 Å². The first-order valence-electron chi connectivity index (χ1n) is 9.40. The van der Waals surface area contributed by atoms with Crippen LogP contribution in [-0.2, 0) is 6.61 Å². The van der Waals surface area contributed by atoms with Crippen molar-refractivity contribution in [2.45, 2.75) is 6.61 Å². The largest absolute Gasteiger partial charge is 0.502 e. The third kappa shape index (κ3) is 4.09. The summed E-state index contributed by atoms with van der Waals surface area (Å²) >= 11 is 3.34. The van der Waals surface area contributed by atoms with Crippen LogP contribution < -0.4 is 19.6 Å². The first-order chi connectivity index (χ1) is 15.0. The molecule has 0 bridgehead atoms. The minimum Gasteiger partial charge on any atom is -0.502 e. The van der Waals surface area contributed by atoms with Gasteiger partial charge in [0, 0.05) is 11.6 Å². The lowest BCUT2D eigenvalue weighted by atomic mass is 10.1. The van der Waals surface area contributed by atoms with E-state index in [1.807, 2.05) is 30.3 Å². The molecule has 0 aliphatic rings. The van der Waals surface area contributed by atoms with Gasteiger partial charge in [-0.3, -0.25) is 4.79 Å². The van der Waals surface area contributed by atoms with Crippen molar-refractivity contribution in [3.63, 3.8) is 0 Å². The molecule has 0 atom stereocenters. The summed E-state index contributed by atoms with van der Waals surface area (Å²) in [6.45, 7) is 0.377. The van der Waals surface area contributed by atoms with E-state index >= 15 is 0 Å². The van der Waals surface area contributed by atoms with E-state index in [-0.39, 0.29) is 11.1 Å². The quantitative estimate of drug-likeness (QED) is 0.389. The van der Waals surface area contributed by atoms with Crippen molar-refractivity contribution in [1.82, 2.24) is 0 Å². The molecule has 158 valence electrons. The van der Waals surface area contributed by atoms with Crippen molar-refractivity contribution < 1.29 is 23.7 Å². The van der Waals surface area contributed by atoms with Crippen molar-refractivity contribution in [3.8, 4) is 34.3 Å². The predicted octanol–water partition coefficient (Wildman–Crippen LogP) is 5.52. The van der Waals surface area contributed by atoms with Crippen molar-refractivity contribution in [3.05, 3.63) is 80.9 Å². The molecule has 7 heteroatoms. The van der Waals surface area contributed by atoms with Crippen molar-refractivity contribution in [2.75, 3.05) is 14.2 Å². The molecule has 1 aromatic heterocycles. The summed E-state index contributed by atoms with van der Waals surface area (Å²) in [6.07, 6.45) is 0. The minimum atomic E-state index is -0.539. The molecule has 1 heterocycles. The number of fused-ring (bicyclic) bond motifs is 1. The number of hydrogen-bond donors (Lipinski definition) is 1. The second-order valence-electron chi connectivity index (χ2n) is 6.73. The Morgan fingerprint density at radius 3 is 2.39 bits per heavy atom. The number of methoxy groups -OCH3 is 2. The van der Waals surface area contributed by atoms with Gasteiger partial charge in [-0.15, -0.1) is 0 Å². The Balaban J connectivity index is 1.74. The van der Waals surface area contributed by atoms with E-state index < -0.39 is 11.2 Å². The van der Waals surface area contributed by atoms with Crippen LogP contribution in [0.25, 0.3) is 22.3 Å². The average molecular weight is 483 g/mol. The Morgan fingerprint density at radius 2 is 1.68 bits per heavy atom. The molecule has 0 fully saturated rings. The van der Waals surface area contributed by atoms with Gasteiger partial charge in [0.1, 0.15) is 17.9 Å². The van der Waals surface area contributed by atoms with Gasteiger partial charge in [0.25, 0.3) is 0 Å². The second-order valence-corrected chi connectivity index (χ2v) is 7.59. The van der Waals surface area contributed by atoms with Gasteiger partial charge in [-0.1, -0.05) is 30.3 Å². The van der Waals surface area contributed by atoms with Gasteiger partial charge in [-0.2, -0.15) is 0 Å². The van der Waals surface area contributed by atoms with Gasteiger partial charge in [0.2, 0.25) is 11.2 Å². The lowest BCUT2D eigenvalue weighted by Crippen LogP contribution is -2.03. The van der Waals surface area contributed by atoms with Crippen LogP contribution in [0.15, 0.2) is 74.3 Å². The van der Waals surface area contributed by atoms with Crippen LogP contribution in [0.2, 0.25) is 0 Å². The highest BCUT2D eigenvalue weighted by Gasteiger charge is 2.19. The molecule has 1 N–H and O–H groups in total. The molecule has 0 radical (unpaired) electrons. The van der Waals surface area contributed by atoms with E-state index in [0.29, 0.717) is 39.5 Å². The van der Waals surface area contributed by atoms with E-state index in [2.05, 4.69) is 15.9 Å². The molecule has 4 aromatic rings. The Bertz CT molecular complexity index is 1300. The van der Waals surface area contributed by atoms with Crippen molar-refractivity contribution >= 4 is 26.9 Å². The van der Waals surface area contributed by atoms with Gasteiger partial charge in [0.05, 0.1) is 24.1 Å². The number of aromatic hydroxyl groups is 1. The zero-order valence-electron chi connectivity index (χ0n) is 16.8.